The highest BCUT2D eigenvalue weighted by molar-refractivity contribution is 7.73. The number of carbonyl (C=O) groups is 1. The van der Waals surface area contributed by atoms with Crippen molar-refractivity contribution in [3.8, 4) is 11.5 Å². The van der Waals surface area contributed by atoms with Gasteiger partial charge in [-0.25, -0.2) is 4.57 Å². The lowest BCUT2D eigenvalue weighted by atomic mass is 10.1. The smallest absolute Gasteiger partial charge is 0.410 e. The van der Waals surface area contributed by atoms with Crippen LogP contribution >= 0.6 is 7.60 Å². The molecule has 0 aliphatic rings. The topological polar surface area (TPSA) is 52.6 Å². The third-order valence-electron chi connectivity index (χ3n) is 4.38. The first-order valence-corrected chi connectivity index (χ1v) is 10.3. The van der Waals surface area contributed by atoms with Crippen molar-refractivity contribution in [2.75, 3.05) is 0 Å². The molecule has 0 amide bonds. The van der Waals surface area contributed by atoms with E-state index in [2.05, 4.69) is 6.58 Å². The molecule has 0 heterocycles. The van der Waals surface area contributed by atoms with Crippen LogP contribution in [0.5, 0.6) is 11.5 Å². The maximum absolute atomic E-state index is 13.5. The van der Waals surface area contributed by atoms with Crippen molar-refractivity contribution in [1.82, 2.24) is 0 Å². The molecule has 0 atom stereocenters. The van der Waals surface area contributed by atoms with Gasteiger partial charge in [0.2, 0.25) is 0 Å². The van der Waals surface area contributed by atoms with Gasteiger partial charge in [0.05, 0.1) is 0 Å². The molecule has 4 nitrogen and oxygen atoms in total. The molecular formula is C23H17O4P. The SMILES string of the molecule is C=CC(=O)P(=O)(Oc1cccc2ccccc12)Oc1cccc2ccccc12. The lowest BCUT2D eigenvalue weighted by molar-refractivity contribution is -0.109. The fourth-order valence-electron chi connectivity index (χ4n) is 3.03. The van der Waals surface area contributed by atoms with E-state index in [4.69, 9.17) is 9.05 Å². The molecule has 0 bridgehead atoms. The number of carbonyl (C=O) groups excluding carboxylic acids is 1. The van der Waals surface area contributed by atoms with E-state index < -0.39 is 13.1 Å². The first-order chi connectivity index (χ1) is 13.6. The molecule has 0 N–H and O–H groups in total. The first kappa shape index (κ1) is 18.0. The molecule has 0 saturated carbocycles. The minimum absolute atomic E-state index is 0.317. The van der Waals surface area contributed by atoms with Gasteiger partial charge in [0.25, 0.3) is 5.52 Å². The molecule has 0 unspecified atom stereocenters. The number of allylic oxidation sites excluding steroid dienone is 1. The zero-order valence-electron chi connectivity index (χ0n) is 14.9. The highest BCUT2D eigenvalue weighted by Crippen LogP contribution is 2.51. The highest BCUT2D eigenvalue weighted by atomic mass is 31.2. The fourth-order valence-corrected chi connectivity index (χ4v) is 4.31. The van der Waals surface area contributed by atoms with Crippen molar-refractivity contribution in [3.05, 3.63) is 97.6 Å². The molecule has 0 fully saturated rings. The van der Waals surface area contributed by atoms with Crippen LogP contribution in [0.3, 0.4) is 0 Å². The Balaban J connectivity index is 1.80. The molecule has 0 aliphatic heterocycles. The van der Waals surface area contributed by atoms with Gasteiger partial charge in [0.1, 0.15) is 11.5 Å². The second-order valence-corrected chi connectivity index (χ2v) is 7.98. The van der Waals surface area contributed by atoms with E-state index in [0.717, 1.165) is 27.6 Å². The van der Waals surface area contributed by atoms with Gasteiger partial charge in [-0.1, -0.05) is 79.4 Å². The molecule has 4 rings (SSSR count). The summed E-state index contributed by atoms with van der Waals surface area (Å²) < 4.78 is 25.0. The quantitative estimate of drug-likeness (QED) is 0.285. The van der Waals surface area contributed by atoms with E-state index in [1.807, 2.05) is 60.7 Å². The van der Waals surface area contributed by atoms with E-state index in [-0.39, 0.29) is 0 Å². The van der Waals surface area contributed by atoms with Gasteiger partial charge in [0.15, 0.2) is 0 Å². The third-order valence-corrected chi connectivity index (χ3v) is 5.98. The van der Waals surface area contributed by atoms with Crippen LogP contribution in [0, 0.1) is 0 Å². The number of fused-ring (bicyclic) bond motifs is 2. The molecular weight excluding hydrogens is 371 g/mol. The molecule has 0 aliphatic carbocycles. The van der Waals surface area contributed by atoms with Crippen LogP contribution in [0.4, 0.5) is 0 Å². The summed E-state index contributed by atoms with van der Waals surface area (Å²) >= 11 is 0. The summed E-state index contributed by atoms with van der Waals surface area (Å²) in [6.45, 7) is 3.45. The van der Waals surface area contributed by atoms with Crippen molar-refractivity contribution in [1.29, 1.82) is 0 Å². The van der Waals surface area contributed by atoms with Crippen LogP contribution in [-0.4, -0.2) is 5.52 Å². The highest BCUT2D eigenvalue weighted by Gasteiger charge is 2.37. The van der Waals surface area contributed by atoms with Crippen molar-refractivity contribution in [2.45, 2.75) is 0 Å². The van der Waals surface area contributed by atoms with Crippen LogP contribution in [0.25, 0.3) is 21.5 Å². The average molecular weight is 388 g/mol. The summed E-state index contributed by atoms with van der Waals surface area (Å²) in [4.78, 5) is 12.5. The molecule has 0 aromatic heterocycles. The molecule has 28 heavy (non-hydrogen) atoms. The summed E-state index contributed by atoms with van der Waals surface area (Å²) in [6, 6.07) is 25.7. The minimum Gasteiger partial charge on any atom is -0.410 e. The lowest BCUT2D eigenvalue weighted by Gasteiger charge is -2.19. The summed E-state index contributed by atoms with van der Waals surface area (Å²) in [5, 5.41) is 3.29. The van der Waals surface area contributed by atoms with Crippen LogP contribution in [0.2, 0.25) is 0 Å². The Labute approximate surface area is 162 Å². The van der Waals surface area contributed by atoms with E-state index in [1.54, 1.807) is 24.3 Å². The Morgan fingerprint density at radius 1 is 0.714 bits per heavy atom. The zero-order valence-corrected chi connectivity index (χ0v) is 15.8. The molecule has 5 heteroatoms. The van der Waals surface area contributed by atoms with Gasteiger partial charge in [-0.15, -0.1) is 0 Å². The van der Waals surface area contributed by atoms with Gasteiger partial charge < -0.3 is 9.05 Å². The molecule has 138 valence electrons. The van der Waals surface area contributed by atoms with Crippen LogP contribution < -0.4 is 9.05 Å². The largest absolute Gasteiger partial charge is 0.502 e. The maximum atomic E-state index is 13.5. The average Bonchev–Trinajstić information content (AvgIpc) is 2.73. The lowest BCUT2D eigenvalue weighted by Crippen LogP contribution is -2.09. The Morgan fingerprint density at radius 2 is 1.14 bits per heavy atom. The van der Waals surface area contributed by atoms with Gasteiger partial charge in [-0.3, -0.25) is 4.79 Å². The summed E-state index contributed by atoms with van der Waals surface area (Å²) in [6.07, 6.45) is 0.969. The number of rotatable bonds is 6. The van der Waals surface area contributed by atoms with Crippen molar-refractivity contribution in [2.24, 2.45) is 0 Å². The Kier molecular flexibility index (Phi) is 4.72. The minimum atomic E-state index is -4.22. The molecule has 4 aromatic rings. The van der Waals surface area contributed by atoms with Gasteiger partial charge in [-0.2, -0.15) is 0 Å². The van der Waals surface area contributed by atoms with Gasteiger partial charge >= 0.3 is 7.60 Å². The summed E-state index contributed by atoms with van der Waals surface area (Å²) in [5.74, 6) is 0.633. The Morgan fingerprint density at radius 3 is 1.61 bits per heavy atom. The van der Waals surface area contributed by atoms with Crippen LogP contribution in [-0.2, 0) is 9.36 Å². The second-order valence-electron chi connectivity index (χ2n) is 6.18. The second kappa shape index (κ2) is 7.34. The standard InChI is InChI=1S/C23H17O4P/c1-2-23(24)28(25,26-21-15-7-11-17-9-3-5-13-19(17)21)27-22-16-8-12-18-10-4-6-14-20(18)22/h2-16H,1H2. The molecule has 0 spiro atoms. The zero-order chi connectivity index (χ0) is 19.6. The first-order valence-electron chi connectivity index (χ1n) is 8.72. The number of hydrogen-bond acceptors (Lipinski definition) is 4. The van der Waals surface area contributed by atoms with E-state index in [9.17, 15) is 9.36 Å². The molecule has 0 radical (unpaired) electrons. The predicted octanol–water partition coefficient (Wildman–Crippen LogP) is 6.36. The third kappa shape index (κ3) is 3.30. The van der Waals surface area contributed by atoms with Crippen molar-refractivity contribution >= 4 is 34.7 Å². The number of benzene rings is 4. The molecule has 0 saturated heterocycles. The van der Waals surface area contributed by atoms with E-state index in [0.29, 0.717) is 11.5 Å². The van der Waals surface area contributed by atoms with Crippen molar-refractivity contribution < 1.29 is 18.4 Å². The van der Waals surface area contributed by atoms with Gasteiger partial charge in [0, 0.05) is 10.8 Å². The summed E-state index contributed by atoms with van der Waals surface area (Å²) in [5.41, 5.74) is -0.798. The maximum Gasteiger partial charge on any atom is 0.502 e. The van der Waals surface area contributed by atoms with E-state index in [1.165, 1.54) is 0 Å². The Hall–Kier alpha value is -3.36. The van der Waals surface area contributed by atoms with Crippen molar-refractivity contribution in [3.63, 3.8) is 0 Å². The number of hydrogen-bond donors (Lipinski definition) is 0. The molecule has 4 aromatic carbocycles. The van der Waals surface area contributed by atoms with Crippen LogP contribution in [0.15, 0.2) is 97.6 Å². The predicted molar refractivity (Wildman–Crippen MR) is 112 cm³/mol. The summed E-state index contributed by atoms with van der Waals surface area (Å²) in [7, 11) is -4.22. The van der Waals surface area contributed by atoms with Crippen LogP contribution in [0.1, 0.15) is 0 Å². The monoisotopic (exact) mass is 388 g/mol. The van der Waals surface area contributed by atoms with Gasteiger partial charge in [-0.05, 0) is 29.0 Å². The van der Waals surface area contributed by atoms with E-state index >= 15 is 0 Å². The fraction of sp³-hybridized carbons (Fsp3) is 0. The Bertz CT molecular complexity index is 1150. The normalized spacial score (nSPS) is 11.3.